The van der Waals surface area contributed by atoms with Gasteiger partial charge < -0.3 is 15.2 Å². The lowest BCUT2D eigenvalue weighted by Gasteiger charge is -2.24. The number of hydrogen-bond donors (Lipinski definition) is 3. The second-order valence-corrected chi connectivity index (χ2v) is 8.32. The first-order chi connectivity index (χ1) is 12.6. The normalized spacial score (nSPS) is 13.6. The Labute approximate surface area is 159 Å². The summed E-state index contributed by atoms with van der Waals surface area (Å²) in [5.74, 6) is 0.472. The molecule has 0 saturated carbocycles. The molecule has 2 rings (SSSR count). The zero-order valence-electron chi connectivity index (χ0n) is 15.5. The minimum absolute atomic E-state index is 0.0526. The minimum Gasteiger partial charge on any atom is -0.497 e. The number of aliphatic hydroxyl groups is 1. The highest BCUT2D eigenvalue weighted by atomic mass is 32.2. The fraction of sp³-hybridized carbons (Fsp3) is 0.316. The molecule has 0 fully saturated rings. The van der Waals surface area contributed by atoms with Gasteiger partial charge in [0.1, 0.15) is 5.75 Å². The van der Waals surface area contributed by atoms with E-state index in [1.165, 1.54) is 31.2 Å². The van der Waals surface area contributed by atoms with E-state index in [-0.39, 0.29) is 23.8 Å². The summed E-state index contributed by atoms with van der Waals surface area (Å²) >= 11 is 0. The van der Waals surface area contributed by atoms with Crippen LogP contribution in [0.25, 0.3) is 0 Å². The summed E-state index contributed by atoms with van der Waals surface area (Å²) in [6.07, 6.45) is 0.279. The van der Waals surface area contributed by atoms with Crippen LogP contribution in [0.4, 0.5) is 5.69 Å². The minimum atomic E-state index is -3.78. The van der Waals surface area contributed by atoms with Crippen molar-refractivity contribution in [1.82, 2.24) is 4.72 Å². The second-order valence-electron chi connectivity index (χ2n) is 6.55. The van der Waals surface area contributed by atoms with Crippen molar-refractivity contribution >= 4 is 21.6 Å². The van der Waals surface area contributed by atoms with Crippen LogP contribution in [0.3, 0.4) is 0 Å². The van der Waals surface area contributed by atoms with Gasteiger partial charge in [0.15, 0.2) is 0 Å². The number of carbonyl (C=O) groups is 1. The highest BCUT2D eigenvalue weighted by molar-refractivity contribution is 7.89. The van der Waals surface area contributed by atoms with Crippen LogP contribution in [0.15, 0.2) is 53.4 Å². The Bertz CT molecular complexity index is 875. The molecule has 2 aromatic carbocycles. The second kappa shape index (κ2) is 8.51. The van der Waals surface area contributed by atoms with Gasteiger partial charge in [-0.05, 0) is 48.9 Å². The van der Waals surface area contributed by atoms with Gasteiger partial charge >= 0.3 is 0 Å². The zero-order chi connectivity index (χ0) is 20.1. The van der Waals surface area contributed by atoms with Crippen molar-refractivity contribution in [3.05, 3.63) is 54.1 Å². The van der Waals surface area contributed by atoms with Crippen molar-refractivity contribution in [1.29, 1.82) is 0 Å². The molecule has 0 radical (unpaired) electrons. The predicted molar refractivity (Wildman–Crippen MR) is 103 cm³/mol. The quantitative estimate of drug-likeness (QED) is 0.637. The maximum absolute atomic E-state index is 12.4. The Morgan fingerprint density at radius 3 is 2.22 bits per heavy atom. The smallest absolute Gasteiger partial charge is 0.240 e. The van der Waals surface area contributed by atoms with Gasteiger partial charge in [-0.1, -0.05) is 12.1 Å². The van der Waals surface area contributed by atoms with Crippen molar-refractivity contribution in [2.24, 2.45) is 0 Å². The Kier molecular flexibility index (Phi) is 6.59. The van der Waals surface area contributed by atoms with E-state index in [0.29, 0.717) is 11.4 Å². The fourth-order valence-electron chi connectivity index (χ4n) is 2.50. The van der Waals surface area contributed by atoms with Gasteiger partial charge in [0, 0.05) is 25.6 Å². The van der Waals surface area contributed by atoms with Crippen molar-refractivity contribution in [3.63, 3.8) is 0 Å². The number of ether oxygens (including phenoxy) is 1. The molecule has 1 unspecified atom stereocenters. The Morgan fingerprint density at radius 2 is 1.70 bits per heavy atom. The molecule has 1 atom stereocenters. The maximum Gasteiger partial charge on any atom is 0.240 e. The molecular weight excluding hydrogens is 368 g/mol. The molecule has 0 aliphatic carbocycles. The van der Waals surface area contributed by atoms with Crippen molar-refractivity contribution in [3.8, 4) is 5.75 Å². The number of methoxy groups -OCH3 is 1. The summed E-state index contributed by atoms with van der Waals surface area (Å²) in [5, 5.41) is 13.1. The van der Waals surface area contributed by atoms with Crippen LogP contribution < -0.4 is 14.8 Å². The molecule has 0 aromatic heterocycles. The summed E-state index contributed by atoms with van der Waals surface area (Å²) in [5.41, 5.74) is 0.102. The monoisotopic (exact) mass is 392 g/mol. The Hall–Kier alpha value is -2.42. The largest absolute Gasteiger partial charge is 0.497 e. The molecule has 0 spiro atoms. The lowest BCUT2D eigenvalue weighted by molar-refractivity contribution is -0.114. The van der Waals surface area contributed by atoms with E-state index >= 15 is 0 Å². The SMILES string of the molecule is COc1ccc(CC(C)(O)CNS(=O)(=O)c2ccc(NC(C)=O)cc2)cc1. The lowest BCUT2D eigenvalue weighted by Crippen LogP contribution is -2.42. The molecule has 2 aromatic rings. The van der Waals surface area contributed by atoms with Gasteiger partial charge in [-0.3, -0.25) is 4.79 Å². The average Bonchev–Trinajstić information content (AvgIpc) is 2.61. The van der Waals surface area contributed by atoms with Crippen LogP contribution in [0, 0.1) is 0 Å². The van der Waals surface area contributed by atoms with E-state index in [0.717, 1.165) is 5.56 Å². The molecule has 146 valence electrons. The Morgan fingerprint density at radius 1 is 1.11 bits per heavy atom. The third-order valence-corrected chi connectivity index (χ3v) is 5.29. The summed E-state index contributed by atoms with van der Waals surface area (Å²) < 4.78 is 32.4. The van der Waals surface area contributed by atoms with Crippen LogP contribution in [0.5, 0.6) is 5.75 Å². The van der Waals surface area contributed by atoms with E-state index in [1.807, 2.05) is 12.1 Å². The van der Waals surface area contributed by atoms with E-state index in [1.54, 1.807) is 26.2 Å². The van der Waals surface area contributed by atoms with Crippen LogP contribution in [0.2, 0.25) is 0 Å². The van der Waals surface area contributed by atoms with E-state index in [4.69, 9.17) is 4.74 Å². The number of amides is 1. The molecule has 0 heterocycles. The van der Waals surface area contributed by atoms with E-state index in [2.05, 4.69) is 10.0 Å². The first-order valence-corrected chi connectivity index (χ1v) is 9.82. The highest BCUT2D eigenvalue weighted by Crippen LogP contribution is 2.18. The Balaban J connectivity index is 2.00. The molecule has 0 aliphatic heterocycles. The topological polar surface area (TPSA) is 105 Å². The van der Waals surface area contributed by atoms with Crippen molar-refractivity contribution in [2.45, 2.75) is 30.8 Å². The average molecular weight is 392 g/mol. The molecule has 8 heteroatoms. The van der Waals surface area contributed by atoms with Crippen LogP contribution >= 0.6 is 0 Å². The van der Waals surface area contributed by atoms with Crippen molar-refractivity contribution in [2.75, 3.05) is 19.0 Å². The van der Waals surface area contributed by atoms with Gasteiger partial charge in [0.25, 0.3) is 0 Å². The summed E-state index contributed by atoms with van der Waals surface area (Å²) in [7, 11) is -2.21. The van der Waals surface area contributed by atoms with Gasteiger partial charge in [-0.15, -0.1) is 0 Å². The number of rotatable bonds is 8. The van der Waals surface area contributed by atoms with Gasteiger partial charge in [-0.2, -0.15) is 0 Å². The van der Waals surface area contributed by atoms with Gasteiger partial charge in [-0.25, -0.2) is 13.1 Å². The van der Waals surface area contributed by atoms with Crippen LogP contribution in [-0.4, -0.2) is 38.7 Å². The maximum atomic E-state index is 12.4. The third kappa shape index (κ3) is 6.35. The highest BCUT2D eigenvalue weighted by Gasteiger charge is 2.24. The predicted octanol–water partition coefficient (Wildman–Crippen LogP) is 1.93. The first kappa shape index (κ1) is 20.9. The third-order valence-electron chi connectivity index (χ3n) is 3.87. The van der Waals surface area contributed by atoms with Gasteiger partial charge in [0.05, 0.1) is 17.6 Å². The summed E-state index contributed by atoms with van der Waals surface area (Å²) in [6.45, 7) is 2.80. The lowest BCUT2D eigenvalue weighted by atomic mass is 9.97. The fourth-order valence-corrected chi connectivity index (χ4v) is 3.66. The molecule has 27 heavy (non-hydrogen) atoms. The molecule has 0 bridgehead atoms. The van der Waals surface area contributed by atoms with Crippen LogP contribution in [-0.2, 0) is 21.2 Å². The van der Waals surface area contributed by atoms with E-state index < -0.39 is 15.6 Å². The molecular formula is C19H24N2O5S. The number of nitrogens with one attached hydrogen (secondary N) is 2. The van der Waals surface area contributed by atoms with E-state index in [9.17, 15) is 18.3 Å². The molecule has 1 amide bonds. The number of hydrogen-bond acceptors (Lipinski definition) is 5. The van der Waals surface area contributed by atoms with Gasteiger partial charge in [0.2, 0.25) is 15.9 Å². The number of benzene rings is 2. The van der Waals surface area contributed by atoms with Crippen LogP contribution in [0.1, 0.15) is 19.4 Å². The summed E-state index contributed by atoms with van der Waals surface area (Å²) in [6, 6.07) is 13.0. The number of carbonyl (C=O) groups excluding carboxylic acids is 1. The molecule has 0 saturated heterocycles. The molecule has 7 nitrogen and oxygen atoms in total. The van der Waals surface area contributed by atoms with Crippen molar-refractivity contribution < 1.29 is 23.1 Å². The zero-order valence-corrected chi connectivity index (χ0v) is 16.3. The summed E-state index contributed by atoms with van der Waals surface area (Å²) in [4.78, 5) is 11.1. The molecule has 3 N–H and O–H groups in total. The standard InChI is InChI=1S/C19H24N2O5S/c1-14(22)21-16-6-10-18(11-7-16)27(24,25)20-13-19(2,23)12-15-4-8-17(26-3)9-5-15/h4-11,20,23H,12-13H2,1-3H3,(H,21,22). The molecule has 0 aliphatic rings. The number of sulfonamides is 1. The first-order valence-electron chi connectivity index (χ1n) is 8.34. The number of anilines is 1.